The molecule has 0 aliphatic rings. The van der Waals surface area contributed by atoms with E-state index < -0.39 is 24.3 Å². The summed E-state index contributed by atoms with van der Waals surface area (Å²) in [7, 11) is 0. The van der Waals surface area contributed by atoms with Gasteiger partial charge in [-0.05, 0) is 19.3 Å². The van der Waals surface area contributed by atoms with Crippen molar-refractivity contribution in [2.75, 3.05) is 0 Å². The Kier molecular flexibility index (Phi) is 7.02. The molecule has 0 amide bonds. The fraction of sp³-hybridized carbons (Fsp3) is 0.769. The highest BCUT2D eigenvalue weighted by Gasteiger charge is 2.33. The minimum absolute atomic E-state index is 0.151. The smallest absolute Gasteiger partial charge is 0.389 e. The number of ketones is 1. The molecule has 0 aromatic carbocycles. The summed E-state index contributed by atoms with van der Waals surface area (Å²) in [6, 6.07) is 0. The van der Waals surface area contributed by atoms with Crippen molar-refractivity contribution >= 4 is 5.78 Å². The third-order valence-corrected chi connectivity index (χ3v) is 3.07. The first-order chi connectivity index (χ1) is 8.25. The minimum atomic E-state index is -4.33. The average Bonchev–Trinajstić information content (AvgIpc) is 2.26. The first kappa shape index (κ1) is 17.0. The van der Waals surface area contributed by atoms with Gasteiger partial charge < -0.3 is 5.11 Å². The summed E-state index contributed by atoms with van der Waals surface area (Å²) in [5.41, 5.74) is 0. The molecule has 0 aliphatic heterocycles. The van der Waals surface area contributed by atoms with Gasteiger partial charge in [0.2, 0.25) is 0 Å². The molecule has 106 valence electrons. The molecule has 1 unspecified atom stereocenters. The molecular formula is C13H21F3O2. The van der Waals surface area contributed by atoms with Crippen molar-refractivity contribution in [3.63, 3.8) is 0 Å². The highest BCUT2D eigenvalue weighted by molar-refractivity contribution is 5.92. The molecule has 0 saturated carbocycles. The van der Waals surface area contributed by atoms with E-state index in [1.807, 2.05) is 13.8 Å². The van der Waals surface area contributed by atoms with Gasteiger partial charge >= 0.3 is 6.18 Å². The van der Waals surface area contributed by atoms with Gasteiger partial charge in [0.25, 0.3) is 0 Å². The quantitative estimate of drug-likeness (QED) is 0.547. The van der Waals surface area contributed by atoms with Crippen LogP contribution in [0.2, 0.25) is 0 Å². The van der Waals surface area contributed by atoms with Crippen LogP contribution in [0.5, 0.6) is 0 Å². The molecular weight excluding hydrogens is 245 g/mol. The van der Waals surface area contributed by atoms with E-state index >= 15 is 0 Å². The Morgan fingerprint density at radius 1 is 1.11 bits per heavy atom. The molecule has 0 aromatic heterocycles. The number of carbonyl (C=O) groups is 1. The number of aliphatic hydroxyl groups excluding tert-OH is 1. The predicted octanol–water partition coefficient (Wildman–Crippen LogP) is 4.41. The fourth-order valence-corrected chi connectivity index (χ4v) is 1.81. The third-order valence-electron chi connectivity index (χ3n) is 3.07. The third kappa shape index (κ3) is 6.07. The van der Waals surface area contributed by atoms with Crippen molar-refractivity contribution in [3.8, 4) is 0 Å². The van der Waals surface area contributed by atoms with E-state index in [1.165, 1.54) is 0 Å². The molecule has 0 aromatic rings. The number of hydrogen-bond donors (Lipinski definition) is 1. The average molecular weight is 266 g/mol. The molecule has 0 fully saturated rings. The van der Waals surface area contributed by atoms with Gasteiger partial charge in [0.15, 0.2) is 5.78 Å². The van der Waals surface area contributed by atoms with E-state index in [1.54, 1.807) is 6.92 Å². The van der Waals surface area contributed by atoms with Gasteiger partial charge in [0, 0.05) is 17.9 Å². The highest BCUT2D eigenvalue weighted by Crippen LogP contribution is 2.30. The second kappa shape index (κ2) is 7.44. The maximum absolute atomic E-state index is 12.3. The van der Waals surface area contributed by atoms with E-state index in [0.29, 0.717) is 12.8 Å². The second-order valence-electron chi connectivity index (χ2n) is 4.41. The lowest BCUT2D eigenvalue weighted by molar-refractivity contribution is -0.144. The van der Waals surface area contributed by atoms with Crippen LogP contribution in [-0.2, 0) is 4.79 Å². The number of hydrogen-bond acceptors (Lipinski definition) is 2. The summed E-state index contributed by atoms with van der Waals surface area (Å²) in [6.45, 7) is 5.23. The summed E-state index contributed by atoms with van der Waals surface area (Å²) >= 11 is 0. The summed E-state index contributed by atoms with van der Waals surface area (Å²) in [5.74, 6) is -2.00. The molecule has 0 aliphatic carbocycles. The van der Waals surface area contributed by atoms with Crippen LogP contribution in [0.15, 0.2) is 11.8 Å². The van der Waals surface area contributed by atoms with Crippen molar-refractivity contribution < 1.29 is 23.1 Å². The number of aliphatic hydroxyl groups is 1. The Hall–Kier alpha value is -1.00. The van der Waals surface area contributed by atoms with Crippen LogP contribution in [0.1, 0.15) is 46.5 Å². The van der Waals surface area contributed by atoms with Crippen molar-refractivity contribution in [3.05, 3.63) is 11.8 Å². The lowest BCUT2D eigenvalue weighted by atomic mass is 9.94. The normalized spacial score (nSPS) is 14.9. The van der Waals surface area contributed by atoms with Crippen LogP contribution < -0.4 is 0 Å². The summed E-state index contributed by atoms with van der Waals surface area (Å²) < 4.78 is 36.8. The lowest BCUT2D eigenvalue weighted by Gasteiger charge is -2.17. The molecule has 0 bridgehead atoms. The first-order valence-corrected chi connectivity index (χ1v) is 6.26. The largest absolute Gasteiger partial charge is 0.512 e. The zero-order valence-electron chi connectivity index (χ0n) is 11.0. The monoisotopic (exact) mass is 266 g/mol. The van der Waals surface area contributed by atoms with Crippen LogP contribution >= 0.6 is 0 Å². The second-order valence-corrected chi connectivity index (χ2v) is 4.41. The Bertz CT molecular complexity index is 291. The van der Waals surface area contributed by atoms with Gasteiger partial charge in [-0.1, -0.05) is 20.8 Å². The van der Waals surface area contributed by atoms with E-state index in [9.17, 15) is 23.1 Å². The Labute approximate surface area is 106 Å². The Balaban J connectivity index is 4.77. The van der Waals surface area contributed by atoms with Gasteiger partial charge in [-0.15, -0.1) is 0 Å². The maximum atomic E-state index is 12.3. The van der Waals surface area contributed by atoms with Crippen LogP contribution in [-0.4, -0.2) is 17.1 Å². The molecule has 0 radical (unpaired) electrons. The zero-order chi connectivity index (χ0) is 14.3. The van der Waals surface area contributed by atoms with Crippen molar-refractivity contribution in [2.24, 2.45) is 11.8 Å². The van der Waals surface area contributed by atoms with E-state index in [0.717, 1.165) is 6.08 Å². The fourth-order valence-electron chi connectivity index (χ4n) is 1.81. The number of rotatable bonds is 7. The minimum Gasteiger partial charge on any atom is -0.512 e. The number of halogens is 3. The number of alkyl halides is 3. The molecule has 0 spiro atoms. The molecule has 5 heteroatoms. The van der Waals surface area contributed by atoms with Crippen LogP contribution in [0, 0.1) is 11.8 Å². The van der Waals surface area contributed by atoms with Gasteiger partial charge in [0.1, 0.15) is 0 Å². The molecule has 2 nitrogen and oxygen atoms in total. The molecule has 1 atom stereocenters. The predicted molar refractivity (Wildman–Crippen MR) is 64.2 cm³/mol. The zero-order valence-corrected chi connectivity index (χ0v) is 11.0. The van der Waals surface area contributed by atoms with Crippen molar-refractivity contribution in [2.45, 2.75) is 52.6 Å². The SMILES string of the molecule is CCC(CC)C(=O)C=C(O)C(CC)CC(F)(F)F. The number of carbonyl (C=O) groups excluding carboxylic acids is 1. The Morgan fingerprint density at radius 3 is 1.89 bits per heavy atom. The van der Waals surface area contributed by atoms with Gasteiger partial charge in [-0.3, -0.25) is 4.79 Å². The Morgan fingerprint density at radius 2 is 1.56 bits per heavy atom. The molecule has 1 N–H and O–H groups in total. The van der Waals surface area contributed by atoms with E-state index in [2.05, 4.69) is 0 Å². The van der Waals surface area contributed by atoms with Crippen LogP contribution in [0.25, 0.3) is 0 Å². The van der Waals surface area contributed by atoms with Gasteiger partial charge in [-0.2, -0.15) is 13.2 Å². The summed E-state index contributed by atoms with van der Waals surface area (Å²) in [4.78, 5) is 11.7. The molecule has 0 rings (SSSR count). The topological polar surface area (TPSA) is 37.3 Å². The standard InChI is InChI=1S/C13H21F3O2/c1-4-9(5-2)11(17)7-12(18)10(6-3)8-13(14,15)16/h7,9-10,18H,4-6,8H2,1-3H3. The van der Waals surface area contributed by atoms with E-state index in [4.69, 9.17) is 0 Å². The summed E-state index contributed by atoms with van der Waals surface area (Å²) in [6.07, 6.45) is -3.07. The van der Waals surface area contributed by atoms with E-state index in [-0.39, 0.29) is 18.1 Å². The number of allylic oxidation sites excluding steroid dienone is 2. The summed E-state index contributed by atoms with van der Waals surface area (Å²) in [5, 5.41) is 9.62. The lowest BCUT2D eigenvalue weighted by Crippen LogP contribution is -2.18. The molecule has 0 heterocycles. The van der Waals surface area contributed by atoms with Crippen molar-refractivity contribution in [1.82, 2.24) is 0 Å². The van der Waals surface area contributed by atoms with Crippen molar-refractivity contribution in [1.29, 1.82) is 0 Å². The first-order valence-electron chi connectivity index (χ1n) is 6.26. The molecule has 18 heavy (non-hydrogen) atoms. The van der Waals surface area contributed by atoms with Crippen LogP contribution in [0.4, 0.5) is 13.2 Å². The van der Waals surface area contributed by atoms with Gasteiger partial charge in [-0.25, -0.2) is 0 Å². The molecule has 0 saturated heterocycles. The highest BCUT2D eigenvalue weighted by atomic mass is 19.4. The maximum Gasteiger partial charge on any atom is 0.389 e. The van der Waals surface area contributed by atoms with Crippen LogP contribution in [0.3, 0.4) is 0 Å². The van der Waals surface area contributed by atoms with Gasteiger partial charge in [0.05, 0.1) is 12.2 Å².